The lowest BCUT2D eigenvalue weighted by Crippen LogP contribution is -2.39. The van der Waals surface area contributed by atoms with Crippen molar-refractivity contribution in [1.29, 1.82) is 0 Å². The molecule has 0 spiro atoms. The molecule has 0 aliphatic carbocycles. The molecule has 1 aliphatic heterocycles. The Bertz CT molecular complexity index is 883. The molecule has 1 aliphatic rings. The normalized spacial score (nSPS) is 17.5. The summed E-state index contributed by atoms with van der Waals surface area (Å²) in [6.07, 6.45) is 4.73. The van der Waals surface area contributed by atoms with E-state index < -0.39 is 0 Å². The van der Waals surface area contributed by atoms with Crippen molar-refractivity contribution in [2.45, 2.75) is 51.4 Å². The minimum Gasteiger partial charge on any atom is -0.342 e. The molecule has 0 bridgehead atoms. The number of amides is 1. The summed E-state index contributed by atoms with van der Waals surface area (Å²) >= 11 is 0. The number of carbonyl (C=O) groups excluding carboxylic acids is 1. The molecule has 0 unspecified atom stereocenters. The van der Waals surface area contributed by atoms with Crippen LogP contribution in [0.3, 0.4) is 0 Å². The summed E-state index contributed by atoms with van der Waals surface area (Å²) < 4.78 is 5.19. The predicted octanol–water partition coefficient (Wildman–Crippen LogP) is 3.24. The van der Waals surface area contributed by atoms with Crippen LogP contribution in [-0.4, -0.2) is 44.0 Å². The van der Waals surface area contributed by atoms with Crippen LogP contribution in [0.15, 0.2) is 28.8 Å². The van der Waals surface area contributed by atoms with E-state index in [0.717, 1.165) is 61.5 Å². The highest BCUT2D eigenvalue weighted by Crippen LogP contribution is 2.27. The second-order valence-corrected chi connectivity index (χ2v) is 7.13. The predicted molar refractivity (Wildman–Crippen MR) is 101 cm³/mol. The smallest absolute Gasteiger partial charge is 0.226 e. The van der Waals surface area contributed by atoms with Crippen LogP contribution in [0.4, 0.5) is 0 Å². The molecule has 0 saturated carbocycles. The zero-order valence-corrected chi connectivity index (χ0v) is 15.6. The SMILES string of the molecule is CCc1noc(CCCC(=O)N2CCC[C@H](c3nc4ccccc4[nH]3)C2)n1. The van der Waals surface area contributed by atoms with E-state index in [4.69, 9.17) is 9.51 Å². The highest BCUT2D eigenvalue weighted by Gasteiger charge is 2.26. The molecule has 1 N–H and O–H groups in total. The summed E-state index contributed by atoms with van der Waals surface area (Å²) in [5.74, 6) is 2.82. The van der Waals surface area contributed by atoms with Crippen LogP contribution in [-0.2, 0) is 17.6 Å². The number of rotatable bonds is 6. The van der Waals surface area contributed by atoms with E-state index in [1.165, 1.54) is 0 Å². The number of fused-ring (bicyclic) bond motifs is 1. The number of benzene rings is 1. The number of H-pyrrole nitrogens is 1. The molecule has 2 aromatic heterocycles. The van der Waals surface area contributed by atoms with Gasteiger partial charge in [0.15, 0.2) is 5.82 Å². The van der Waals surface area contributed by atoms with Crippen molar-refractivity contribution in [3.63, 3.8) is 0 Å². The van der Waals surface area contributed by atoms with E-state index in [1.54, 1.807) is 0 Å². The number of nitrogens with one attached hydrogen (secondary N) is 1. The van der Waals surface area contributed by atoms with Gasteiger partial charge in [-0.1, -0.05) is 24.2 Å². The quantitative estimate of drug-likeness (QED) is 0.722. The van der Waals surface area contributed by atoms with E-state index in [0.29, 0.717) is 18.7 Å². The van der Waals surface area contributed by atoms with Gasteiger partial charge in [0.25, 0.3) is 0 Å². The van der Waals surface area contributed by atoms with E-state index in [-0.39, 0.29) is 11.8 Å². The van der Waals surface area contributed by atoms with Crippen LogP contribution in [0, 0.1) is 0 Å². The monoisotopic (exact) mass is 367 g/mol. The molecule has 3 heterocycles. The molecular formula is C20H25N5O2. The molecule has 1 saturated heterocycles. The average Bonchev–Trinajstić information content (AvgIpc) is 3.34. The van der Waals surface area contributed by atoms with Gasteiger partial charge < -0.3 is 14.4 Å². The van der Waals surface area contributed by atoms with E-state index >= 15 is 0 Å². The third-order valence-corrected chi connectivity index (χ3v) is 5.18. The van der Waals surface area contributed by atoms with Gasteiger partial charge in [-0.15, -0.1) is 0 Å². The van der Waals surface area contributed by atoms with Gasteiger partial charge >= 0.3 is 0 Å². The van der Waals surface area contributed by atoms with E-state index in [1.807, 2.05) is 36.1 Å². The second-order valence-electron chi connectivity index (χ2n) is 7.13. The maximum atomic E-state index is 12.6. The Morgan fingerprint density at radius 3 is 3.04 bits per heavy atom. The van der Waals surface area contributed by atoms with Gasteiger partial charge in [-0.25, -0.2) is 4.98 Å². The fraction of sp³-hybridized carbons (Fsp3) is 0.500. The van der Waals surface area contributed by atoms with Crippen LogP contribution < -0.4 is 0 Å². The standard InChI is InChI=1S/C20H25N5O2/c1-2-17-23-18(27-24-17)10-5-11-19(26)25-12-6-7-14(13-25)20-21-15-8-3-4-9-16(15)22-20/h3-4,8-9,14H,2,5-7,10-13H2,1H3,(H,21,22)/t14-/m0/s1. The maximum absolute atomic E-state index is 12.6. The fourth-order valence-electron chi connectivity index (χ4n) is 3.68. The van der Waals surface area contributed by atoms with Gasteiger partial charge in [-0.3, -0.25) is 4.79 Å². The molecule has 1 fully saturated rings. The average molecular weight is 367 g/mol. The number of hydrogen-bond donors (Lipinski definition) is 1. The van der Waals surface area contributed by atoms with Crippen molar-refractivity contribution in [3.8, 4) is 0 Å². The first-order chi connectivity index (χ1) is 13.2. The number of para-hydroxylation sites is 2. The zero-order valence-electron chi connectivity index (χ0n) is 15.6. The Kier molecular flexibility index (Phi) is 5.18. The van der Waals surface area contributed by atoms with Crippen LogP contribution >= 0.6 is 0 Å². The summed E-state index contributed by atoms with van der Waals surface area (Å²) in [4.78, 5) is 27.0. The lowest BCUT2D eigenvalue weighted by Gasteiger charge is -2.32. The van der Waals surface area contributed by atoms with Crippen LogP contribution in [0.1, 0.15) is 56.1 Å². The lowest BCUT2D eigenvalue weighted by molar-refractivity contribution is -0.132. The van der Waals surface area contributed by atoms with Crippen LogP contribution in [0.2, 0.25) is 0 Å². The number of imidazole rings is 1. The number of nitrogens with zero attached hydrogens (tertiary/aromatic N) is 4. The van der Waals surface area contributed by atoms with Crippen LogP contribution in [0.25, 0.3) is 11.0 Å². The minimum atomic E-state index is 0.200. The van der Waals surface area contributed by atoms with Crippen molar-refractivity contribution in [2.75, 3.05) is 13.1 Å². The summed E-state index contributed by atoms with van der Waals surface area (Å²) in [6, 6.07) is 8.06. The fourth-order valence-corrected chi connectivity index (χ4v) is 3.68. The number of piperidine rings is 1. The molecule has 142 valence electrons. The molecule has 27 heavy (non-hydrogen) atoms. The first-order valence-electron chi connectivity index (χ1n) is 9.77. The zero-order chi connectivity index (χ0) is 18.6. The number of aryl methyl sites for hydroxylation is 2. The molecule has 4 rings (SSSR count). The molecular weight excluding hydrogens is 342 g/mol. The Balaban J connectivity index is 1.32. The van der Waals surface area contributed by atoms with Gasteiger partial charge in [0.1, 0.15) is 5.82 Å². The summed E-state index contributed by atoms with van der Waals surface area (Å²) in [5, 5.41) is 3.89. The van der Waals surface area contributed by atoms with Gasteiger partial charge in [-0.2, -0.15) is 4.98 Å². The molecule has 1 amide bonds. The van der Waals surface area contributed by atoms with Gasteiger partial charge in [0.2, 0.25) is 11.8 Å². The Morgan fingerprint density at radius 2 is 2.22 bits per heavy atom. The Labute approximate surface area is 158 Å². The van der Waals surface area contributed by atoms with Crippen molar-refractivity contribution in [3.05, 3.63) is 41.8 Å². The summed E-state index contributed by atoms with van der Waals surface area (Å²) in [5.41, 5.74) is 2.05. The number of likely N-dealkylation sites (tertiary alicyclic amines) is 1. The molecule has 7 heteroatoms. The molecule has 3 aromatic rings. The number of aromatic amines is 1. The molecule has 7 nitrogen and oxygen atoms in total. The van der Waals surface area contributed by atoms with Gasteiger partial charge in [0, 0.05) is 38.3 Å². The number of aromatic nitrogens is 4. The summed E-state index contributed by atoms with van der Waals surface area (Å²) in [6.45, 7) is 3.56. The minimum absolute atomic E-state index is 0.200. The second kappa shape index (κ2) is 7.90. The number of carbonyl (C=O) groups is 1. The third-order valence-electron chi connectivity index (χ3n) is 5.18. The molecule has 1 atom stereocenters. The lowest BCUT2D eigenvalue weighted by atomic mass is 9.97. The molecule has 0 radical (unpaired) electrons. The highest BCUT2D eigenvalue weighted by atomic mass is 16.5. The van der Waals surface area contributed by atoms with E-state index in [2.05, 4.69) is 15.1 Å². The number of hydrogen-bond acceptors (Lipinski definition) is 5. The largest absolute Gasteiger partial charge is 0.342 e. The maximum Gasteiger partial charge on any atom is 0.226 e. The van der Waals surface area contributed by atoms with E-state index in [9.17, 15) is 4.79 Å². The van der Waals surface area contributed by atoms with Crippen molar-refractivity contribution in [2.24, 2.45) is 0 Å². The van der Waals surface area contributed by atoms with Crippen LogP contribution in [0.5, 0.6) is 0 Å². The molecule has 1 aromatic carbocycles. The van der Waals surface area contributed by atoms with Crippen molar-refractivity contribution >= 4 is 16.9 Å². The first kappa shape index (κ1) is 17.7. The Hall–Kier alpha value is -2.70. The highest BCUT2D eigenvalue weighted by molar-refractivity contribution is 5.77. The summed E-state index contributed by atoms with van der Waals surface area (Å²) in [7, 11) is 0. The van der Waals surface area contributed by atoms with Crippen molar-refractivity contribution < 1.29 is 9.32 Å². The third kappa shape index (κ3) is 4.02. The van der Waals surface area contributed by atoms with Gasteiger partial charge in [0.05, 0.1) is 11.0 Å². The first-order valence-corrected chi connectivity index (χ1v) is 9.77. The Morgan fingerprint density at radius 1 is 1.33 bits per heavy atom. The van der Waals surface area contributed by atoms with Gasteiger partial charge in [-0.05, 0) is 31.4 Å². The van der Waals surface area contributed by atoms with Crippen molar-refractivity contribution in [1.82, 2.24) is 25.0 Å². The topological polar surface area (TPSA) is 87.9 Å².